The monoisotopic (exact) mass is 355 g/mol. The summed E-state index contributed by atoms with van der Waals surface area (Å²) in [7, 11) is 0. The SMILES string of the molecule is O=CC(CO)OC(C=O)n1cnc2c(NCc3ccccc3)ncnc21. The third-order valence-electron chi connectivity index (χ3n) is 3.70. The van der Waals surface area contributed by atoms with Crippen LogP contribution in [-0.2, 0) is 20.9 Å². The number of anilines is 1. The number of ether oxygens (including phenoxy) is 1. The fraction of sp³-hybridized carbons (Fsp3) is 0.235. The molecule has 9 heteroatoms. The maximum Gasteiger partial charge on any atom is 0.193 e. The molecule has 0 aliphatic heterocycles. The summed E-state index contributed by atoms with van der Waals surface area (Å²) in [5, 5.41) is 12.3. The van der Waals surface area contributed by atoms with Crippen LogP contribution in [-0.4, -0.2) is 49.9 Å². The highest BCUT2D eigenvalue weighted by molar-refractivity contribution is 5.83. The zero-order chi connectivity index (χ0) is 18.4. The van der Waals surface area contributed by atoms with Crippen LogP contribution in [0.5, 0.6) is 0 Å². The first kappa shape index (κ1) is 17.6. The van der Waals surface area contributed by atoms with Gasteiger partial charge in [0.15, 0.2) is 35.8 Å². The Morgan fingerprint density at radius 2 is 1.96 bits per heavy atom. The van der Waals surface area contributed by atoms with E-state index >= 15 is 0 Å². The van der Waals surface area contributed by atoms with E-state index in [1.165, 1.54) is 17.2 Å². The van der Waals surface area contributed by atoms with Crippen molar-refractivity contribution in [2.24, 2.45) is 0 Å². The van der Waals surface area contributed by atoms with Crippen molar-refractivity contribution in [1.29, 1.82) is 0 Å². The molecule has 1 aromatic carbocycles. The molecular weight excluding hydrogens is 338 g/mol. The average Bonchev–Trinajstić information content (AvgIpc) is 3.13. The van der Waals surface area contributed by atoms with Crippen LogP contribution in [0.4, 0.5) is 5.82 Å². The van der Waals surface area contributed by atoms with Crippen molar-refractivity contribution in [2.75, 3.05) is 11.9 Å². The molecule has 2 N–H and O–H groups in total. The van der Waals surface area contributed by atoms with Crippen LogP contribution < -0.4 is 5.32 Å². The predicted octanol–water partition coefficient (Wildman–Crippen LogP) is 0.712. The number of aliphatic hydroxyl groups is 1. The Morgan fingerprint density at radius 1 is 1.15 bits per heavy atom. The Morgan fingerprint density at radius 3 is 2.65 bits per heavy atom. The first-order valence-electron chi connectivity index (χ1n) is 7.89. The van der Waals surface area contributed by atoms with Crippen molar-refractivity contribution in [3.8, 4) is 0 Å². The number of hydrogen-bond acceptors (Lipinski definition) is 8. The largest absolute Gasteiger partial charge is 0.393 e. The van der Waals surface area contributed by atoms with Crippen LogP contribution >= 0.6 is 0 Å². The lowest BCUT2D eigenvalue weighted by molar-refractivity contribution is -0.139. The molecule has 134 valence electrons. The van der Waals surface area contributed by atoms with Crippen molar-refractivity contribution in [1.82, 2.24) is 19.5 Å². The second-order valence-electron chi connectivity index (χ2n) is 5.41. The minimum absolute atomic E-state index is 0.371. The fourth-order valence-electron chi connectivity index (χ4n) is 2.41. The van der Waals surface area contributed by atoms with Crippen LogP contribution in [0, 0.1) is 0 Å². The van der Waals surface area contributed by atoms with E-state index in [-0.39, 0.29) is 0 Å². The van der Waals surface area contributed by atoms with E-state index in [0.717, 1.165) is 5.56 Å². The Labute approximate surface area is 148 Å². The first-order valence-corrected chi connectivity index (χ1v) is 7.89. The standard InChI is InChI=1S/C17H17N5O4/c23-7-13(8-24)26-14(9-25)22-11-21-15-16(19-10-20-17(15)22)18-6-12-4-2-1-3-5-12/h1-5,7,9-11,13-14,24H,6,8H2,(H,18,19,20). The normalized spacial score (nSPS) is 13.3. The van der Waals surface area contributed by atoms with Gasteiger partial charge in [-0.25, -0.2) is 15.0 Å². The summed E-state index contributed by atoms with van der Waals surface area (Å²) < 4.78 is 6.65. The number of aldehydes is 2. The molecule has 0 radical (unpaired) electrons. The molecule has 0 spiro atoms. The van der Waals surface area contributed by atoms with Crippen molar-refractivity contribution in [3.05, 3.63) is 48.5 Å². The number of aliphatic hydroxyl groups excluding tert-OH is 1. The van der Waals surface area contributed by atoms with Gasteiger partial charge in [-0.15, -0.1) is 0 Å². The predicted molar refractivity (Wildman–Crippen MR) is 92.2 cm³/mol. The Balaban J connectivity index is 1.85. The smallest absolute Gasteiger partial charge is 0.193 e. The van der Waals surface area contributed by atoms with Gasteiger partial charge in [0.2, 0.25) is 0 Å². The number of nitrogens with one attached hydrogen (secondary N) is 1. The topological polar surface area (TPSA) is 119 Å². The van der Waals surface area contributed by atoms with Gasteiger partial charge in [0.1, 0.15) is 12.4 Å². The number of rotatable bonds is 9. The van der Waals surface area contributed by atoms with Gasteiger partial charge in [-0.1, -0.05) is 30.3 Å². The number of imidazole rings is 1. The van der Waals surface area contributed by atoms with Gasteiger partial charge >= 0.3 is 0 Å². The minimum atomic E-state index is -1.14. The van der Waals surface area contributed by atoms with Crippen molar-refractivity contribution in [3.63, 3.8) is 0 Å². The van der Waals surface area contributed by atoms with Crippen LogP contribution in [0.1, 0.15) is 11.8 Å². The Kier molecular flexibility index (Phi) is 5.62. The first-order chi connectivity index (χ1) is 12.8. The van der Waals surface area contributed by atoms with E-state index in [1.54, 1.807) is 0 Å². The van der Waals surface area contributed by atoms with E-state index in [9.17, 15) is 9.59 Å². The fourth-order valence-corrected chi connectivity index (χ4v) is 2.41. The highest BCUT2D eigenvalue weighted by atomic mass is 16.5. The van der Waals surface area contributed by atoms with Gasteiger partial charge in [-0.05, 0) is 5.56 Å². The summed E-state index contributed by atoms with van der Waals surface area (Å²) in [5.41, 5.74) is 1.91. The van der Waals surface area contributed by atoms with Gasteiger partial charge in [0, 0.05) is 6.54 Å². The molecule has 2 heterocycles. The van der Waals surface area contributed by atoms with Crippen LogP contribution in [0.2, 0.25) is 0 Å². The molecular formula is C17H17N5O4. The van der Waals surface area contributed by atoms with Gasteiger partial charge in [-0.2, -0.15) is 0 Å². The van der Waals surface area contributed by atoms with E-state index < -0.39 is 18.9 Å². The summed E-state index contributed by atoms with van der Waals surface area (Å²) in [6.07, 6.45) is 1.41. The molecule has 2 unspecified atom stereocenters. The van der Waals surface area contributed by atoms with Gasteiger partial charge in [-0.3, -0.25) is 9.36 Å². The number of aromatic nitrogens is 4. The number of fused-ring (bicyclic) bond motifs is 1. The lowest BCUT2D eigenvalue weighted by atomic mass is 10.2. The van der Waals surface area contributed by atoms with Crippen molar-refractivity contribution in [2.45, 2.75) is 18.9 Å². The molecule has 9 nitrogen and oxygen atoms in total. The van der Waals surface area contributed by atoms with Crippen LogP contribution in [0.15, 0.2) is 43.0 Å². The van der Waals surface area contributed by atoms with E-state index in [1.807, 2.05) is 30.3 Å². The van der Waals surface area contributed by atoms with Crippen molar-refractivity contribution < 1.29 is 19.4 Å². The number of carbonyl (C=O) groups excluding carboxylic acids is 2. The van der Waals surface area contributed by atoms with Crippen molar-refractivity contribution >= 4 is 29.6 Å². The third kappa shape index (κ3) is 3.73. The second kappa shape index (κ2) is 8.28. The highest BCUT2D eigenvalue weighted by Gasteiger charge is 2.20. The zero-order valence-electron chi connectivity index (χ0n) is 13.7. The molecule has 2 atom stereocenters. The lowest BCUT2D eigenvalue weighted by Gasteiger charge is -2.16. The van der Waals surface area contributed by atoms with Gasteiger partial charge in [0.05, 0.1) is 12.9 Å². The molecule has 0 amide bonds. The molecule has 0 bridgehead atoms. The van der Waals surface area contributed by atoms with Crippen LogP contribution in [0.3, 0.4) is 0 Å². The molecule has 0 saturated heterocycles. The number of hydrogen-bond donors (Lipinski definition) is 2. The van der Waals surface area contributed by atoms with Gasteiger partial charge in [0.25, 0.3) is 0 Å². The molecule has 26 heavy (non-hydrogen) atoms. The summed E-state index contributed by atoms with van der Waals surface area (Å²) in [5.74, 6) is 0.511. The summed E-state index contributed by atoms with van der Waals surface area (Å²) >= 11 is 0. The summed E-state index contributed by atoms with van der Waals surface area (Å²) in [6, 6.07) is 9.78. The Hall–Kier alpha value is -3.17. The molecule has 0 saturated carbocycles. The molecule has 3 rings (SSSR count). The molecule has 0 aliphatic carbocycles. The number of benzene rings is 1. The third-order valence-corrected chi connectivity index (χ3v) is 3.70. The average molecular weight is 355 g/mol. The Bertz CT molecular complexity index is 883. The quantitative estimate of drug-likeness (QED) is 0.539. The summed E-state index contributed by atoms with van der Waals surface area (Å²) in [4.78, 5) is 34.8. The zero-order valence-corrected chi connectivity index (χ0v) is 13.7. The van der Waals surface area contributed by atoms with E-state index in [2.05, 4.69) is 20.3 Å². The minimum Gasteiger partial charge on any atom is -0.393 e. The maximum atomic E-state index is 11.4. The summed E-state index contributed by atoms with van der Waals surface area (Å²) in [6.45, 7) is 0.0183. The lowest BCUT2D eigenvalue weighted by Crippen LogP contribution is -2.26. The second-order valence-corrected chi connectivity index (χ2v) is 5.41. The van der Waals surface area contributed by atoms with E-state index in [0.29, 0.717) is 36.1 Å². The highest BCUT2D eigenvalue weighted by Crippen LogP contribution is 2.21. The maximum absolute atomic E-state index is 11.4. The molecule has 0 fully saturated rings. The van der Waals surface area contributed by atoms with E-state index in [4.69, 9.17) is 9.84 Å². The molecule has 0 aliphatic rings. The number of nitrogens with zero attached hydrogens (tertiary/aromatic N) is 4. The molecule has 3 aromatic rings. The number of carbonyl (C=O) groups is 2. The van der Waals surface area contributed by atoms with Gasteiger partial charge < -0.3 is 20.0 Å². The molecule has 2 aromatic heterocycles. The van der Waals surface area contributed by atoms with Crippen LogP contribution in [0.25, 0.3) is 11.2 Å².